The average Bonchev–Trinajstić information content (AvgIpc) is 3.08. The molecule has 29 heavy (non-hydrogen) atoms. The lowest BCUT2D eigenvalue weighted by molar-refractivity contribution is -0.115. The molecule has 0 radical (unpaired) electrons. The number of thioether (sulfide) groups is 1. The van der Waals surface area contributed by atoms with Gasteiger partial charge >= 0.3 is 0 Å². The van der Waals surface area contributed by atoms with E-state index in [1.807, 2.05) is 24.3 Å². The van der Waals surface area contributed by atoms with Crippen molar-refractivity contribution in [3.63, 3.8) is 0 Å². The third kappa shape index (κ3) is 5.85. The van der Waals surface area contributed by atoms with Gasteiger partial charge in [-0.3, -0.25) is 4.79 Å². The van der Waals surface area contributed by atoms with Gasteiger partial charge in [-0.15, -0.1) is 23.4 Å². The van der Waals surface area contributed by atoms with Crippen LogP contribution in [0, 0.1) is 0 Å². The normalized spacial score (nSPS) is 10.6. The maximum absolute atomic E-state index is 12.6. The van der Waals surface area contributed by atoms with Crippen LogP contribution in [-0.2, 0) is 23.5 Å². The van der Waals surface area contributed by atoms with Crippen molar-refractivity contribution in [1.29, 1.82) is 0 Å². The minimum absolute atomic E-state index is 0.157. The van der Waals surface area contributed by atoms with Gasteiger partial charge in [0.15, 0.2) is 0 Å². The predicted octanol–water partition coefficient (Wildman–Crippen LogP) is 4.60. The van der Waals surface area contributed by atoms with Gasteiger partial charge in [0.1, 0.15) is 5.75 Å². The van der Waals surface area contributed by atoms with Gasteiger partial charge in [0.2, 0.25) is 5.91 Å². The standard InChI is InChI=1S/C21H21ClN4O2S/c1-3-11-26-20(13-21(27)23-16-6-4-5-15(22)12-16)19(24-25-26)14-29-18-9-7-17(28-2)8-10-18/h3-10,12H,1,11,13-14H2,2H3,(H,23,27). The zero-order chi connectivity index (χ0) is 20.6. The number of hydrogen-bond acceptors (Lipinski definition) is 5. The molecule has 0 fully saturated rings. The van der Waals surface area contributed by atoms with E-state index < -0.39 is 0 Å². The number of halogens is 1. The number of nitrogens with one attached hydrogen (secondary N) is 1. The highest BCUT2D eigenvalue weighted by atomic mass is 35.5. The predicted molar refractivity (Wildman–Crippen MR) is 117 cm³/mol. The van der Waals surface area contributed by atoms with Gasteiger partial charge in [-0.25, -0.2) is 4.68 Å². The Bertz CT molecular complexity index is 989. The van der Waals surface area contributed by atoms with Crippen LogP contribution in [0.1, 0.15) is 11.4 Å². The Kier molecular flexibility index (Phi) is 7.32. The molecule has 1 heterocycles. The number of allylic oxidation sites excluding steroid dienone is 1. The van der Waals surface area contributed by atoms with E-state index in [-0.39, 0.29) is 12.3 Å². The number of ether oxygens (including phenoxy) is 1. The summed E-state index contributed by atoms with van der Waals surface area (Å²) in [5.41, 5.74) is 2.19. The number of hydrogen-bond donors (Lipinski definition) is 1. The zero-order valence-corrected chi connectivity index (χ0v) is 17.5. The van der Waals surface area contributed by atoms with Crippen LogP contribution in [-0.4, -0.2) is 28.0 Å². The number of methoxy groups -OCH3 is 1. The molecule has 1 amide bonds. The molecule has 0 bridgehead atoms. The monoisotopic (exact) mass is 428 g/mol. The maximum atomic E-state index is 12.6. The van der Waals surface area contributed by atoms with E-state index in [1.54, 1.807) is 53.9 Å². The molecule has 2 aromatic carbocycles. The van der Waals surface area contributed by atoms with Gasteiger partial charge in [0.05, 0.1) is 31.5 Å². The molecule has 3 rings (SSSR count). The van der Waals surface area contributed by atoms with Gasteiger partial charge in [-0.1, -0.05) is 29.0 Å². The topological polar surface area (TPSA) is 69.0 Å². The number of aromatic nitrogens is 3. The van der Waals surface area contributed by atoms with Crippen LogP contribution in [0.4, 0.5) is 5.69 Å². The summed E-state index contributed by atoms with van der Waals surface area (Å²) >= 11 is 7.61. The van der Waals surface area contributed by atoms with E-state index in [9.17, 15) is 4.79 Å². The Labute approximate surface area is 178 Å². The fraction of sp³-hybridized carbons (Fsp3) is 0.190. The first-order chi connectivity index (χ1) is 14.1. The summed E-state index contributed by atoms with van der Waals surface area (Å²) in [6, 6.07) is 14.9. The minimum atomic E-state index is -0.157. The number of carbonyl (C=O) groups is 1. The third-order valence-electron chi connectivity index (χ3n) is 4.09. The summed E-state index contributed by atoms with van der Waals surface area (Å²) in [5, 5.41) is 11.9. The Morgan fingerprint density at radius 1 is 1.31 bits per heavy atom. The van der Waals surface area contributed by atoms with E-state index in [0.29, 0.717) is 23.0 Å². The lowest BCUT2D eigenvalue weighted by atomic mass is 10.2. The van der Waals surface area contributed by atoms with Crippen molar-refractivity contribution in [2.24, 2.45) is 0 Å². The van der Waals surface area contributed by atoms with Crippen molar-refractivity contribution in [3.05, 3.63) is 77.6 Å². The smallest absolute Gasteiger partial charge is 0.230 e. The minimum Gasteiger partial charge on any atom is -0.497 e. The van der Waals surface area contributed by atoms with E-state index in [0.717, 1.165) is 22.0 Å². The number of nitrogens with zero attached hydrogens (tertiary/aromatic N) is 3. The molecule has 0 atom stereocenters. The lowest BCUT2D eigenvalue weighted by Gasteiger charge is -2.09. The summed E-state index contributed by atoms with van der Waals surface area (Å²) in [6.07, 6.45) is 1.89. The van der Waals surface area contributed by atoms with Crippen LogP contribution in [0.5, 0.6) is 5.75 Å². The highest BCUT2D eigenvalue weighted by Gasteiger charge is 2.16. The first-order valence-corrected chi connectivity index (χ1v) is 10.3. The second kappa shape index (κ2) is 10.1. The van der Waals surface area contributed by atoms with Gasteiger partial charge in [-0.05, 0) is 42.5 Å². The van der Waals surface area contributed by atoms with Gasteiger partial charge < -0.3 is 10.1 Å². The largest absolute Gasteiger partial charge is 0.497 e. The van der Waals surface area contributed by atoms with Gasteiger partial charge in [-0.2, -0.15) is 0 Å². The quantitative estimate of drug-likeness (QED) is 0.398. The summed E-state index contributed by atoms with van der Waals surface area (Å²) in [6.45, 7) is 4.24. The van der Waals surface area contributed by atoms with Crippen LogP contribution < -0.4 is 10.1 Å². The number of carbonyl (C=O) groups excluding carboxylic acids is 1. The Balaban J connectivity index is 1.71. The molecule has 6 nitrogen and oxygen atoms in total. The van der Waals surface area contributed by atoms with E-state index >= 15 is 0 Å². The van der Waals surface area contributed by atoms with Crippen LogP contribution in [0.25, 0.3) is 0 Å². The van der Waals surface area contributed by atoms with Crippen molar-refractivity contribution in [2.75, 3.05) is 12.4 Å². The molecule has 0 spiro atoms. The molecule has 1 aromatic heterocycles. The van der Waals surface area contributed by atoms with Crippen molar-refractivity contribution < 1.29 is 9.53 Å². The molecule has 8 heteroatoms. The molecule has 0 aliphatic heterocycles. The summed E-state index contributed by atoms with van der Waals surface area (Å²) in [4.78, 5) is 13.7. The second-order valence-corrected chi connectivity index (χ2v) is 7.64. The average molecular weight is 429 g/mol. The molecule has 0 unspecified atom stereocenters. The number of amides is 1. The number of rotatable bonds is 9. The Morgan fingerprint density at radius 2 is 2.10 bits per heavy atom. The van der Waals surface area contributed by atoms with Crippen LogP contribution in [0.15, 0.2) is 66.1 Å². The Hall–Kier alpha value is -2.77. The molecule has 0 saturated carbocycles. The molecular formula is C21H21ClN4O2S. The van der Waals surface area contributed by atoms with Crippen molar-refractivity contribution in [3.8, 4) is 5.75 Å². The summed E-state index contributed by atoms with van der Waals surface area (Å²) in [5.74, 6) is 1.25. The second-order valence-electron chi connectivity index (χ2n) is 6.15. The molecule has 1 N–H and O–H groups in total. The summed E-state index contributed by atoms with van der Waals surface area (Å²) in [7, 11) is 1.64. The molecule has 3 aromatic rings. The van der Waals surface area contributed by atoms with Crippen molar-refractivity contribution >= 4 is 35.0 Å². The van der Waals surface area contributed by atoms with Crippen LogP contribution in [0.3, 0.4) is 0 Å². The zero-order valence-electron chi connectivity index (χ0n) is 16.0. The number of anilines is 1. The molecule has 0 aliphatic carbocycles. The van der Waals surface area contributed by atoms with Gasteiger partial charge in [0, 0.05) is 21.4 Å². The fourth-order valence-corrected chi connectivity index (χ4v) is 3.74. The summed E-state index contributed by atoms with van der Waals surface area (Å²) < 4.78 is 6.89. The molecule has 0 aliphatic rings. The molecule has 0 saturated heterocycles. The lowest BCUT2D eigenvalue weighted by Crippen LogP contribution is -2.18. The van der Waals surface area contributed by atoms with Crippen LogP contribution >= 0.6 is 23.4 Å². The number of benzene rings is 2. The highest BCUT2D eigenvalue weighted by Crippen LogP contribution is 2.26. The van der Waals surface area contributed by atoms with E-state index in [1.165, 1.54) is 0 Å². The van der Waals surface area contributed by atoms with Crippen molar-refractivity contribution in [2.45, 2.75) is 23.6 Å². The fourth-order valence-electron chi connectivity index (χ4n) is 2.69. The van der Waals surface area contributed by atoms with Crippen LogP contribution in [0.2, 0.25) is 5.02 Å². The maximum Gasteiger partial charge on any atom is 0.230 e. The van der Waals surface area contributed by atoms with Crippen molar-refractivity contribution in [1.82, 2.24) is 15.0 Å². The SMILES string of the molecule is C=CCn1nnc(CSc2ccc(OC)cc2)c1CC(=O)Nc1cccc(Cl)c1. The van der Waals surface area contributed by atoms with Gasteiger partial charge in [0.25, 0.3) is 0 Å². The van der Waals surface area contributed by atoms with E-state index in [4.69, 9.17) is 16.3 Å². The Morgan fingerprint density at radius 3 is 2.79 bits per heavy atom. The molecule has 150 valence electrons. The third-order valence-corrected chi connectivity index (χ3v) is 5.35. The van der Waals surface area contributed by atoms with E-state index in [2.05, 4.69) is 22.2 Å². The molecular weight excluding hydrogens is 408 g/mol. The highest BCUT2D eigenvalue weighted by molar-refractivity contribution is 7.98. The first kappa shape index (κ1) is 21.0. The first-order valence-electron chi connectivity index (χ1n) is 8.93.